The lowest BCUT2D eigenvalue weighted by Crippen LogP contribution is -2.20. The van der Waals surface area contributed by atoms with Crippen LogP contribution in [0.2, 0.25) is 0 Å². The molecule has 0 aliphatic carbocycles. The number of benzene rings is 1. The number of hydrogen-bond acceptors (Lipinski definition) is 5. The maximum atomic E-state index is 10.7. The summed E-state index contributed by atoms with van der Waals surface area (Å²) in [6.45, 7) is 2.65. The van der Waals surface area contributed by atoms with Crippen LogP contribution < -0.4 is 5.32 Å². The van der Waals surface area contributed by atoms with Crippen molar-refractivity contribution in [3.8, 4) is 0 Å². The molecule has 0 spiro atoms. The van der Waals surface area contributed by atoms with Crippen molar-refractivity contribution >= 4 is 15.8 Å². The van der Waals surface area contributed by atoms with E-state index in [4.69, 9.17) is 4.74 Å². The molecule has 0 saturated carbocycles. The van der Waals surface area contributed by atoms with E-state index in [2.05, 4.69) is 5.32 Å². The third kappa shape index (κ3) is 4.33. The van der Waals surface area contributed by atoms with Gasteiger partial charge in [0.15, 0.2) is 0 Å². The lowest BCUT2D eigenvalue weighted by atomic mass is 10.2. The number of hydrogen-bond donors (Lipinski definition) is 1. The van der Waals surface area contributed by atoms with Gasteiger partial charge in [0, 0.05) is 19.3 Å². The Morgan fingerprint density at radius 2 is 1.94 bits per heavy atom. The fourth-order valence-electron chi connectivity index (χ4n) is 1.37. The summed E-state index contributed by atoms with van der Waals surface area (Å²) in [5.41, 5.74) is 0.757. The lowest BCUT2D eigenvalue weighted by molar-refractivity contribution is 0.110. The Kier molecular flexibility index (Phi) is 4.92. The summed E-state index contributed by atoms with van der Waals surface area (Å²) in [7, 11) is -2.72. The molecule has 0 aliphatic rings. The zero-order valence-corrected chi connectivity index (χ0v) is 10.7. The summed E-state index contributed by atoms with van der Waals surface area (Å²) in [6, 6.07) is 5.71. The van der Waals surface area contributed by atoms with Crippen LogP contribution in [-0.4, -0.2) is 32.7 Å². The number of nitrogens with one attached hydrogen (secondary N) is 1. The highest BCUT2D eigenvalue weighted by atomic mass is 32.2. The third-order valence-electron chi connectivity index (χ3n) is 2.47. The van der Waals surface area contributed by atoms with Gasteiger partial charge in [-0.3, -0.25) is 0 Å². The molecule has 0 aliphatic heterocycles. The van der Waals surface area contributed by atoms with Crippen LogP contribution >= 0.6 is 0 Å². The predicted molar refractivity (Wildman–Crippen MR) is 64.0 cm³/mol. The normalized spacial score (nSPS) is 13.4. The van der Waals surface area contributed by atoms with Crippen LogP contribution in [0.25, 0.3) is 0 Å². The molecule has 96 valence electrons. The Hall–Kier alpha value is -1.11. The van der Waals surface area contributed by atoms with E-state index in [1.807, 2.05) is 6.92 Å². The molecule has 0 aromatic heterocycles. The third-order valence-corrected chi connectivity index (χ3v) is 3.32. The molecule has 0 bridgehead atoms. The van der Waals surface area contributed by atoms with E-state index in [9.17, 15) is 13.0 Å². The largest absolute Gasteiger partial charge is 0.744 e. The van der Waals surface area contributed by atoms with Gasteiger partial charge in [-0.25, -0.2) is 8.42 Å². The van der Waals surface area contributed by atoms with E-state index in [0.29, 0.717) is 6.54 Å². The Morgan fingerprint density at radius 1 is 1.35 bits per heavy atom. The maximum Gasteiger partial charge on any atom is 0.124 e. The quantitative estimate of drug-likeness (QED) is 0.781. The van der Waals surface area contributed by atoms with Gasteiger partial charge < -0.3 is 14.6 Å². The summed E-state index contributed by atoms with van der Waals surface area (Å²) < 4.78 is 37.3. The fourth-order valence-corrected chi connectivity index (χ4v) is 1.83. The number of anilines is 1. The molecule has 0 heterocycles. The topological polar surface area (TPSA) is 78.5 Å². The van der Waals surface area contributed by atoms with Gasteiger partial charge in [0.25, 0.3) is 0 Å². The van der Waals surface area contributed by atoms with Crippen LogP contribution in [0.4, 0.5) is 5.69 Å². The highest BCUT2D eigenvalue weighted by Gasteiger charge is 2.04. The molecule has 1 N–H and O–H groups in total. The van der Waals surface area contributed by atoms with Gasteiger partial charge in [-0.05, 0) is 30.7 Å². The molecule has 1 aromatic carbocycles. The summed E-state index contributed by atoms with van der Waals surface area (Å²) in [5, 5.41) is 3.10. The number of ether oxygens (including phenoxy) is 1. The Morgan fingerprint density at radius 3 is 2.35 bits per heavy atom. The molecular formula is C11H16NO4S-. The van der Waals surface area contributed by atoms with E-state index in [0.717, 1.165) is 12.1 Å². The van der Waals surface area contributed by atoms with Gasteiger partial charge in [-0.1, -0.05) is 6.92 Å². The van der Waals surface area contributed by atoms with Crippen molar-refractivity contribution in [1.29, 1.82) is 0 Å². The SMILES string of the molecule is CCC(CNc1ccc(S(=O)(=O)[O-])cc1)OC. The molecule has 0 saturated heterocycles. The summed E-state index contributed by atoms with van der Waals surface area (Å²) in [5.74, 6) is 0. The van der Waals surface area contributed by atoms with Crippen molar-refractivity contribution in [2.45, 2.75) is 24.3 Å². The maximum absolute atomic E-state index is 10.7. The van der Waals surface area contributed by atoms with E-state index in [1.165, 1.54) is 12.1 Å². The van der Waals surface area contributed by atoms with Crippen molar-refractivity contribution in [1.82, 2.24) is 0 Å². The second kappa shape index (κ2) is 6.00. The molecule has 1 rings (SSSR count). The van der Waals surface area contributed by atoms with Gasteiger partial charge >= 0.3 is 0 Å². The minimum atomic E-state index is -4.36. The van der Waals surface area contributed by atoms with Crippen LogP contribution in [0.5, 0.6) is 0 Å². The second-order valence-corrected chi connectivity index (χ2v) is 5.01. The minimum Gasteiger partial charge on any atom is -0.744 e. The van der Waals surface area contributed by atoms with Crippen LogP contribution in [-0.2, 0) is 14.9 Å². The molecule has 1 unspecified atom stereocenters. The van der Waals surface area contributed by atoms with Gasteiger partial charge in [0.2, 0.25) is 0 Å². The van der Waals surface area contributed by atoms with Crippen LogP contribution in [0, 0.1) is 0 Å². The van der Waals surface area contributed by atoms with Crippen molar-refractivity contribution in [3.63, 3.8) is 0 Å². The molecule has 6 heteroatoms. The van der Waals surface area contributed by atoms with Gasteiger partial charge in [0.1, 0.15) is 10.1 Å². The first-order valence-corrected chi connectivity index (χ1v) is 6.70. The average molecular weight is 258 g/mol. The van der Waals surface area contributed by atoms with Crippen molar-refractivity contribution < 1.29 is 17.7 Å². The molecular weight excluding hydrogens is 242 g/mol. The Balaban J connectivity index is 2.63. The van der Waals surface area contributed by atoms with Crippen molar-refractivity contribution in [2.75, 3.05) is 19.0 Å². The smallest absolute Gasteiger partial charge is 0.124 e. The molecule has 1 atom stereocenters. The predicted octanol–water partition coefficient (Wildman–Crippen LogP) is 1.43. The number of methoxy groups -OCH3 is 1. The minimum absolute atomic E-state index is 0.109. The molecule has 5 nitrogen and oxygen atoms in total. The van der Waals surface area contributed by atoms with Gasteiger partial charge in [-0.15, -0.1) is 0 Å². The van der Waals surface area contributed by atoms with Crippen LogP contribution in [0.15, 0.2) is 29.2 Å². The van der Waals surface area contributed by atoms with Crippen LogP contribution in [0.1, 0.15) is 13.3 Å². The molecule has 1 aromatic rings. The van der Waals surface area contributed by atoms with Crippen molar-refractivity contribution in [2.24, 2.45) is 0 Å². The summed E-state index contributed by atoms with van der Waals surface area (Å²) in [6.07, 6.45) is 0.995. The fraction of sp³-hybridized carbons (Fsp3) is 0.455. The van der Waals surface area contributed by atoms with E-state index in [-0.39, 0.29) is 11.0 Å². The second-order valence-electron chi connectivity index (χ2n) is 3.63. The Bertz CT molecular complexity index is 437. The zero-order valence-electron chi connectivity index (χ0n) is 9.84. The van der Waals surface area contributed by atoms with Gasteiger partial charge in [-0.2, -0.15) is 0 Å². The monoisotopic (exact) mass is 258 g/mol. The molecule has 17 heavy (non-hydrogen) atoms. The summed E-state index contributed by atoms with van der Waals surface area (Å²) in [4.78, 5) is -0.221. The van der Waals surface area contributed by atoms with E-state index in [1.54, 1.807) is 19.2 Å². The first kappa shape index (κ1) is 14.0. The average Bonchev–Trinajstić information content (AvgIpc) is 2.30. The number of rotatable bonds is 6. The molecule has 0 amide bonds. The van der Waals surface area contributed by atoms with E-state index < -0.39 is 10.1 Å². The lowest BCUT2D eigenvalue weighted by Gasteiger charge is -2.15. The molecule has 0 radical (unpaired) electrons. The van der Waals surface area contributed by atoms with Gasteiger partial charge in [0.05, 0.1) is 11.0 Å². The highest BCUT2D eigenvalue weighted by Crippen LogP contribution is 2.13. The zero-order chi connectivity index (χ0) is 12.9. The van der Waals surface area contributed by atoms with Crippen LogP contribution in [0.3, 0.4) is 0 Å². The summed E-state index contributed by atoms with van der Waals surface area (Å²) >= 11 is 0. The Labute approximate surface area is 102 Å². The standard InChI is InChI=1S/C11H17NO4S/c1-3-10(16-2)8-12-9-4-6-11(7-5-9)17(13,14)15/h4-7,10,12H,3,8H2,1-2H3,(H,13,14,15)/p-1. The molecule has 0 fully saturated rings. The first-order valence-electron chi connectivity index (χ1n) is 5.30. The van der Waals surface area contributed by atoms with E-state index >= 15 is 0 Å². The van der Waals surface area contributed by atoms with Crippen molar-refractivity contribution in [3.05, 3.63) is 24.3 Å². The highest BCUT2D eigenvalue weighted by molar-refractivity contribution is 7.85. The first-order chi connectivity index (χ1) is 7.97.